The summed E-state index contributed by atoms with van der Waals surface area (Å²) in [5, 5.41) is 16.4. The molecular formula is C24H34N6O3. The van der Waals surface area contributed by atoms with Gasteiger partial charge in [0.1, 0.15) is 11.5 Å². The number of hydrogen-bond donors (Lipinski definition) is 3. The van der Waals surface area contributed by atoms with E-state index in [0.29, 0.717) is 25.5 Å². The number of β-amino-alcohol motifs (C(OH)–C–C–N with tert-alkyl or cyclic N) is 1. The van der Waals surface area contributed by atoms with Crippen LogP contribution < -0.4 is 10.6 Å². The number of aliphatic hydroxyl groups excluding tert-OH is 1. The number of hydrogen-bond acceptors (Lipinski definition) is 7. The van der Waals surface area contributed by atoms with E-state index < -0.39 is 6.10 Å². The summed E-state index contributed by atoms with van der Waals surface area (Å²) in [6, 6.07) is 8.48. The maximum absolute atomic E-state index is 12.6. The smallest absolute Gasteiger partial charge is 0.269 e. The maximum Gasteiger partial charge on any atom is 0.269 e. The standard InChI is InChI=1S/C24H34N6O3/c1-17(31)30-14-20(15-30)28-23(26-3)11-22(25-2)24(33)27-12-21(32)16-29-10-6-9-18-7-4-5-8-19(18)13-29/h4-5,7-8,11,20-21,28,32H,3,6,9-10,12-16H2,1-2H3,(H,27,33)/b23-11+,25-22+/t21-/m0/s1. The zero-order chi connectivity index (χ0) is 23.8. The Hall–Kier alpha value is -3.04. The summed E-state index contributed by atoms with van der Waals surface area (Å²) in [6.07, 6.45) is 2.92. The van der Waals surface area contributed by atoms with E-state index in [9.17, 15) is 14.7 Å². The quantitative estimate of drug-likeness (QED) is 0.467. The summed E-state index contributed by atoms with van der Waals surface area (Å²) in [6.45, 7) is 8.56. The Labute approximate surface area is 195 Å². The van der Waals surface area contributed by atoms with Gasteiger partial charge in [-0.15, -0.1) is 0 Å². The molecule has 0 radical (unpaired) electrons. The van der Waals surface area contributed by atoms with E-state index in [0.717, 1.165) is 25.9 Å². The van der Waals surface area contributed by atoms with Crippen molar-refractivity contribution in [1.82, 2.24) is 20.4 Å². The van der Waals surface area contributed by atoms with Gasteiger partial charge in [0.15, 0.2) is 0 Å². The molecule has 0 unspecified atom stereocenters. The van der Waals surface area contributed by atoms with Crippen molar-refractivity contribution in [3.8, 4) is 0 Å². The van der Waals surface area contributed by atoms with Crippen molar-refractivity contribution in [2.75, 3.05) is 39.8 Å². The molecule has 0 bridgehead atoms. The maximum atomic E-state index is 12.6. The molecule has 33 heavy (non-hydrogen) atoms. The fourth-order valence-electron chi connectivity index (χ4n) is 4.12. The Morgan fingerprint density at radius 1 is 1.30 bits per heavy atom. The van der Waals surface area contributed by atoms with E-state index in [1.54, 1.807) is 4.90 Å². The van der Waals surface area contributed by atoms with Gasteiger partial charge in [-0.25, -0.2) is 4.99 Å². The molecule has 2 heterocycles. The molecule has 0 saturated carbocycles. The van der Waals surface area contributed by atoms with E-state index >= 15 is 0 Å². The van der Waals surface area contributed by atoms with Crippen molar-refractivity contribution in [3.05, 3.63) is 47.3 Å². The molecule has 1 atom stereocenters. The molecule has 1 fully saturated rings. The molecule has 2 aliphatic rings. The number of nitrogens with one attached hydrogen (secondary N) is 2. The van der Waals surface area contributed by atoms with E-state index in [-0.39, 0.29) is 30.1 Å². The van der Waals surface area contributed by atoms with Crippen LogP contribution in [0.15, 0.2) is 46.1 Å². The number of nitrogens with zero attached hydrogens (tertiary/aromatic N) is 4. The zero-order valence-corrected chi connectivity index (χ0v) is 19.5. The van der Waals surface area contributed by atoms with Crippen LogP contribution in [0.1, 0.15) is 24.5 Å². The number of likely N-dealkylation sites (tertiary alicyclic amines) is 1. The van der Waals surface area contributed by atoms with Gasteiger partial charge in [-0.2, -0.15) is 0 Å². The van der Waals surface area contributed by atoms with Crippen LogP contribution >= 0.6 is 0 Å². The van der Waals surface area contributed by atoms with E-state index in [2.05, 4.69) is 50.4 Å². The molecule has 9 nitrogen and oxygen atoms in total. The topological polar surface area (TPSA) is 110 Å². The highest BCUT2D eigenvalue weighted by Crippen LogP contribution is 2.18. The lowest BCUT2D eigenvalue weighted by Crippen LogP contribution is -2.58. The lowest BCUT2D eigenvalue weighted by molar-refractivity contribution is -0.133. The average molecular weight is 455 g/mol. The van der Waals surface area contributed by atoms with Crippen LogP contribution in [0.3, 0.4) is 0 Å². The Bertz CT molecular complexity index is 923. The lowest BCUT2D eigenvalue weighted by Gasteiger charge is -2.39. The van der Waals surface area contributed by atoms with Crippen molar-refractivity contribution in [1.29, 1.82) is 0 Å². The first-order valence-electron chi connectivity index (χ1n) is 11.3. The van der Waals surface area contributed by atoms with Crippen molar-refractivity contribution in [3.63, 3.8) is 0 Å². The summed E-state index contributed by atoms with van der Waals surface area (Å²) in [5.74, 6) is 0.0608. The zero-order valence-electron chi connectivity index (χ0n) is 19.5. The normalized spacial score (nSPS) is 18.6. The first-order valence-corrected chi connectivity index (χ1v) is 11.3. The van der Waals surface area contributed by atoms with Gasteiger partial charge in [0, 0.05) is 52.8 Å². The number of rotatable bonds is 9. The van der Waals surface area contributed by atoms with Gasteiger partial charge >= 0.3 is 0 Å². The Balaban J connectivity index is 1.47. The van der Waals surface area contributed by atoms with Gasteiger partial charge < -0.3 is 20.6 Å². The molecule has 0 spiro atoms. The second-order valence-electron chi connectivity index (χ2n) is 8.53. The number of fused-ring (bicyclic) bond motifs is 1. The minimum absolute atomic E-state index is 0.0308. The van der Waals surface area contributed by atoms with Crippen LogP contribution in [-0.2, 0) is 22.6 Å². The lowest BCUT2D eigenvalue weighted by atomic mass is 10.0. The third-order valence-electron chi connectivity index (χ3n) is 6.00. The van der Waals surface area contributed by atoms with Gasteiger partial charge in [-0.1, -0.05) is 24.3 Å². The van der Waals surface area contributed by atoms with Crippen molar-refractivity contribution >= 4 is 24.2 Å². The Morgan fingerprint density at radius 3 is 2.70 bits per heavy atom. The minimum atomic E-state index is -0.691. The molecule has 1 aromatic rings. The third kappa shape index (κ3) is 6.97. The van der Waals surface area contributed by atoms with E-state index in [1.165, 1.54) is 31.2 Å². The molecule has 3 rings (SSSR count). The molecule has 9 heteroatoms. The Morgan fingerprint density at radius 2 is 2.03 bits per heavy atom. The molecule has 1 aromatic carbocycles. The molecule has 2 amide bonds. The first kappa shape index (κ1) is 24.6. The van der Waals surface area contributed by atoms with E-state index in [4.69, 9.17) is 0 Å². The predicted molar refractivity (Wildman–Crippen MR) is 129 cm³/mol. The predicted octanol–water partition coefficient (Wildman–Crippen LogP) is 0.345. The second kappa shape index (κ2) is 11.7. The highest BCUT2D eigenvalue weighted by molar-refractivity contribution is 6.43. The minimum Gasteiger partial charge on any atom is -0.390 e. The van der Waals surface area contributed by atoms with Crippen LogP contribution in [0, 0.1) is 0 Å². The summed E-state index contributed by atoms with van der Waals surface area (Å²) in [5.41, 5.74) is 2.85. The van der Waals surface area contributed by atoms with Gasteiger partial charge in [-0.05, 0) is 37.2 Å². The molecule has 178 valence electrons. The number of aliphatic imine (C=N–C) groups is 2. The number of aliphatic hydroxyl groups is 1. The third-order valence-corrected chi connectivity index (χ3v) is 6.00. The Kier molecular flexibility index (Phi) is 8.73. The van der Waals surface area contributed by atoms with Crippen LogP contribution in [0.4, 0.5) is 0 Å². The fraction of sp³-hybridized carbons (Fsp3) is 0.500. The molecular weight excluding hydrogens is 420 g/mol. The van der Waals surface area contributed by atoms with Gasteiger partial charge in [-0.3, -0.25) is 19.5 Å². The number of carbonyl (C=O) groups excluding carboxylic acids is 2. The molecule has 0 aromatic heterocycles. The molecule has 2 aliphatic heterocycles. The fourth-order valence-corrected chi connectivity index (χ4v) is 4.12. The number of benzene rings is 1. The van der Waals surface area contributed by atoms with Crippen LogP contribution in [0.5, 0.6) is 0 Å². The van der Waals surface area contributed by atoms with Crippen LogP contribution in [-0.4, -0.2) is 91.1 Å². The average Bonchev–Trinajstić information content (AvgIpc) is 2.97. The van der Waals surface area contributed by atoms with Crippen molar-refractivity contribution < 1.29 is 14.7 Å². The SMILES string of the molecule is C=N/C(=C\C(=N/C)C(=O)NC[C@H](O)CN1CCCc2ccccc2C1)NC1CN(C(C)=O)C1. The van der Waals surface area contributed by atoms with Gasteiger partial charge in [0.05, 0.1) is 12.1 Å². The largest absolute Gasteiger partial charge is 0.390 e. The van der Waals surface area contributed by atoms with E-state index in [1.807, 2.05) is 6.07 Å². The summed E-state index contributed by atoms with van der Waals surface area (Å²) >= 11 is 0. The second-order valence-corrected chi connectivity index (χ2v) is 8.53. The highest BCUT2D eigenvalue weighted by Gasteiger charge is 2.28. The summed E-state index contributed by atoms with van der Waals surface area (Å²) in [7, 11) is 1.53. The highest BCUT2D eigenvalue weighted by atomic mass is 16.3. The molecule has 0 aliphatic carbocycles. The molecule has 3 N–H and O–H groups in total. The number of amides is 2. The first-order chi connectivity index (χ1) is 15.9. The molecule has 1 saturated heterocycles. The summed E-state index contributed by atoms with van der Waals surface area (Å²) < 4.78 is 0. The van der Waals surface area contributed by atoms with Gasteiger partial charge in [0.2, 0.25) is 5.91 Å². The van der Waals surface area contributed by atoms with Crippen LogP contribution in [0.25, 0.3) is 0 Å². The van der Waals surface area contributed by atoms with Crippen LogP contribution in [0.2, 0.25) is 0 Å². The van der Waals surface area contributed by atoms with Crippen molar-refractivity contribution in [2.24, 2.45) is 9.98 Å². The monoisotopic (exact) mass is 454 g/mol. The summed E-state index contributed by atoms with van der Waals surface area (Å²) in [4.78, 5) is 35.8. The number of carbonyl (C=O) groups is 2. The van der Waals surface area contributed by atoms with Gasteiger partial charge in [0.25, 0.3) is 5.91 Å². The van der Waals surface area contributed by atoms with Crippen molar-refractivity contribution in [2.45, 2.75) is 38.5 Å². The number of aryl methyl sites for hydroxylation is 1.